The Kier molecular flexibility index (Phi) is 2.46. The summed E-state index contributed by atoms with van der Waals surface area (Å²) < 4.78 is 0. The van der Waals surface area contributed by atoms with Crippen molar-refractivity contribution in [3.8, 4) is 0 Å². The molecule has 2 unspecified atom stereocenters. The lowest BCUT2D eigenvalue weighted by molar-refractivity contribution is -0.135. The first-order chi connectivity index (χ1) is 6.64. The Morgan fingerprint density at radius 1 is 1.14 bits per heavy atom. The zero-order valence-electron chi connectivity index (χ0n) is 8.84. The van der Waals surface area contributed by atoms with E-state index in [1.165, 1.54) is 0 Å². The molecule has 0 aromatic rings. The van der Waals surface area contributed by atoms with Gasteiger partial charge >= 0.3 is 0 Å². The zero-order chi connectivity index (χ0) is 10.2. The molecular formula is C12H18O2. The Morgan fingerprint density at radius 3 is 2.43 bits per heavy atom. The average Bonchev–Trinajstić information content (AvgIpc) is 2.14. The van der Waals surface area contributed by atoms with Gasteiger partial charge < -0.3 is 0 Å². The minimum atomic E-state index is 0.0602. The Labute approximate surface area is 85.1 Å². The van der Waals surface area contributed by atoms with Crippen molar-refractivity contribution in [3.63, 3.8) is 0 Å². The minimum absolute atomic E-state index is 0.0602. The molecule has 2 aliphatic carbocycles. The Balaban J connectivity index is 2.19. The number of ketones is 2. The van der Waals surface area contributed by atoms with Crippen LogP contribution in [0.2, 0.25) is 0 Å². The monoisotopic (exact) mass is 194 g/mol. The first-order valence-electron chi connectivity index (χ1n) is 5.68. The van der Waals surface area contributed by atoms with Crippen LogP contribution in [0.15, 0.2) is 0 Å². The Morgan fingerprint density at radius 2 is 1.79 bits per heavy atom. The number of carbonyl (C=O) groups is 2. The van der Waals surface area contributed by atoms with Crippen LogP contribution in [-0.4, -0.2) is 11.6 Å². The highest BCUT2D eigenvalue weighted by Crippen LogP contribution is 2.48. The molecular weight excluding hydrogens is 176 g/mol. The predicted molar refractivity (Wildman–Crippen MR) is 53.9 cm³/mol. The average molecular weight is 194 g/mol. The predicted octanol–water partition coefficient (Wildman–Crippen LogP) is 2.51. The fourth-order valence-corrected chi connectivity index (χ4v) is 3.18. The Bertz CT molecular complexity index is 263. The Hall–Kier alpha value is -0.660. The highest BCUT2D eigenvalue weighted by Gasteiger charge is 2.44. The van der Waals surface area contributed by atoms with Gasteiger partial charge in [0.1, 0.15) is 11.6 Å². The minimum Gasteiger partial charge on any atom is -0.300 e. The summed E-state index contributed by atoms with van der Waals surface area (Å²) in [5.74, 6) is 0.879. The summed E-state index contributed by atoms with van der Waals surface area (Å²) in [5.41, 5.74) is 0.0602. The molecule has 2 aliphatic rings. The summed E-state index contributed by atoms with van der Waals surface area (Å²) >= 11 is 0. The first kappa shape index (κ1) is 9.88. The summed E-state index contributed by atoms with van der Waals surface area (Å²) in [6, 6.07) is 0. The van der Waals surface area contributed by atoms with Gasteiger partial charge in [0.25, 0.3) is 0 Å². The van der Waals surface area contributed by atoms with Gasteiger partial charge in [0.2, 0.25) is 0 Å². The molecule has 0 N–H and O–H groups in total. The van der Waals surface area contributed by atoms with E-state index in [1.807, 2.05) is 6.92 Å². The van der Waals surface area contributed by atoms with Crippen LogP contribution in [0.1, 0.15) is 51.9 Å². The summed E-state index contributed by atoms with van der Waals surface area (Å²) in [6.45, 7) is 2.03. The maximum Gasteiger partial charge on any atom is 0.136 e. The standard InChI is InChI=1S/C12H18O2/c1-9-11(14)5-3-7-12(9)6-2-4-10(13)8-12/h9H,2-8H2,1H3. The van der Waals surface area contributed by atoms with Gasteiger partial charge in [-0.05, 0) is 31.1 Å². The zero-order valence-corrected chi connectivity index (χ0v) is 8.84. The molecule has 2 saturated carbocycles. The van der Waals surface area contributed by atoms with Gasteiger partial charge in [-0.25, -0.2) is 0 Å². The SMILES string of the molecule is CC1C(=O)CCCC12CCCC(=O)C2. The lowest BCUT2D eigenvalue weighted by atomic mass is 9.59. The van der Waals surface area contributed by atoms with Crippen LogP contribution in [0, 0.1) is 11.3 Å². The maximum absolute atomic E-state index is 11.7. The third kappa shape index (κ3) is 1.51. The molecule has 0 aromatic heterocycles. The molecule has 2 nitrogen and oxygen atoms in total. The quantitative estimate of drug-likeness (QED) is 0.593. The van der Waals surface area contributed by atoms with Crippen molar-refractivity contribution in [2.45, 2.75) is 51.9 Å². The van der Waals surface area contributed by atoms with Crippen LogP contribution in [-0.2, 0) is 9.59 Å². The van der Waals surface area contributed by atoms with Crippen LogP contribution in [0.25, 0.3) is 0 Å². The molecule has 0 bridgehead atoms. The molecule has 2 rings (SSSR count). The molecule has 1 spiro atoms. The van der Waals surface area contributed by atoms with E-state index in [0.29, 0.717) is 18.0 Å². The fraction of sp³-hybridized carbons (Fsp3) is 0.833. The molecule has 0 aromatic carbocycles. The molecule has 14 heavy (non-hydrogen) atoms. The summed E-state index contributed by atoms with van der Waals surface area (Å²) in [6.07, 6.45) is 6.31. The van der Waals surface area contributed by atoms with Gasteiger partial charge in [-0.15, -0.1) is 0 Å². The lowest BCUT2D eigenvalue weighted by Crippen LogP contribution is -2.41. The van der Waals surface area contributed by atoms with Crippen LogP contribution in [0.4, 0.5) is 0 Å². The van der Waals surface area contributed by atoms with E-state index in [4.69, 9.17) is 0 Å². The highest BCUT2D eigenvalue weighted by atomic mass is 16.1. The van der Waals surface area contributed by atoms with Crippen molar-refractivity contribution in [2.75, 3.05) is 0 Å². The van der Waals surface area contributed by atoms with E-state index < -0.39 is 0 Å². The van der Waals surface area contributed by atoms with Gasteiger partial charge in [0.05, 0.1) is 0 Å². The van der Waals surface area contributed by atoms with Crippen molar-refractivity contribution >= 4 is 11.6 Å². The van der Waals surface area contributed by atoms with Crippen molar-refractivity contribution in [1.82, 2.24) is 0 Å². The normalized spacial score (nSPS) is 39.1. The van der Waals surface area contributed by atoms with Crippen LogP contribution >= 0.6 is 0 Å². The van der Waals surface area contributed by atoms with Gasteiger partial charge in [0, 0.05) is 25.2 Å². The summed E-state index contributed by atoms with van der Waals surface area (Å²) in [5, 5.41) is 0. The molecule has 0 saturated heterocycles. The van der Waals surface area contributed by atoms with E-state index in [1.54, 1.807) is 0 Å². The molecule has 0 amide bonds. The topological polar surface area (TPSA) is 34.1 Å². The molecule has 78 valence electrons. The number of carbonyl (C=O) groups excluding carboxylic acids is 2. The summed E-state index contributed by atoms with van der Waals surface area (Å²) in [7, 11) is 0. The van der Waals surface area contributed by atoms with Gasteiger partial charge in [0.15, 0.2) is 0 Å². The van der Waals surface area contributed by atoms with Crippen LogP contribution < -0.4 is 0 Å². The van der Waals surface area contributed by atoms with Gasteiger partial charge in [-0.1, -0.05) is 6.92 Å². The third-order valence-electron chi connectivity index (χ3n) is 4.18. The van der Waals surface area contributed by atoms with E-state index in [-0.39, 0.29) is 11.3 Å². The van der Waals surface area contributed by atoms with Crippen LogP contribution in [0.3, 0.4) is 0 Å². The third-order valence-corrected chi connectivity index (χ3v) is 4.18. The van der Waals surface area contributed by atoms with Crippen molar-refractivity contribution in [2.24, 2.45) is 11.3 Å². The molecule has 2 atom stereocenters. The maximum atomic E-state index is 11.7. The lowest BCUT2D eigenvalue weighted by Gasteiger charge is -2.43. The van der Waals surface area contributed by atoms with E-state index in [9.17, 15) is 9.59 Å². The molecule has 2 heteroatoms. The first-order valence-corrected chi connectivity index (χ1v) is 5.68. The molecule has 2 fully saturated rings. The second-order valence-electron chi connectivity index (χ2n) is 4.97. The van der Waals surface area contributed by atoms with Gasteiger partial charge in [-0.2, -0.15) is 0 Å². The van der Waals surface area contributed by atoms with E-state index >= 15 is 0 Å². The number of hydrogen-bond acceptors (Lipinski definition) is 2. The van der Waals surface area contributed by atoms with Crippen molar-refractivity contribution in [3.05, 3.63) is 0 Å². The second kappa shape index (κ2) is 3.48. The molecule has 0 radical (unpaired) electrons. The number of hydrogen-bond donors (Lipinski definition) is 0. The molecule has 0 heterocycles. The molecule has 0 aliphatic heterocycles. The van der Waals surface area contributed by atoms with Gasteiger partial charge in [-0.3, -0.25) is 9.59 Å². The fourth-order valence-electron chi connectivity index (χ4n) is 3.18. The smallest absolute Gasteiger partial charge is 0.136 e. The summed E-state index contributed by atoms with van der Waals surface area (Å²) in [4.78, 5) is 23.1. The van der Waals surface area contributed by atoms with E-state index in [2.05, 4.69) is 0 Å². The van der Waals surface area contributed by atoms with Crippen LogP contribution in [0.5, 0.6) is 0 Å². The van der Waals surface area contributed by atoms with Crippen molar-refractivity contribution < 1.29 is 9.59 Å². The number of rotatable bonds is 0. The van der Waals surface area contributed by atoms with Crippen molar-refractivity contribution in [1.29, 1.82) is 0 Å². The largest absolute Gasteiger partial charge is 0.300 e. The number of Topliss-reactive ketones (excluding diaryl/α,β-unsaturated/α-hetero) is 2. The highest BCUT2D eigenvalue weighted by molar-refractivity contribution is 5.85. The van der Waals surface area contributed by atoms with E-state index in [0.717, 1.165) is 38.5 Å². The second-order valence-corrected chi connectivity index (χ2v) is 4.97.